The fourth-order valence-corrected chi connectivity index (χ4v) is 4.75. The number of methoxy groups -OCH3 is 1. The van der Waals surface area contributed by atoms with Crippen molar-refractivity contribution in [2.45, 2.75) is 24.2 Å². The van der Waals surface area contributed by atoms with Gasteiger partial charge in [0.05, 0.1) is 18.7 Å². The molecule has 0 aliphatic carbocycles. The van der Waals surface area contributed by atoms with Crippen molar-refractivity contribution in [1.29, 1.82) is 5.26 Å². The second-order valence-corrected chi connectivity index (χ2v) is 8.13. The summed E-state index contributed by atoms with van der Waals surface area (Å²) in [5.41, 5.74) is 0.459. The third-order valence-corrected chi connectivity index (χ3v) is 6.54. The molecule has 4 rings (SSSR count). The van der Waals surface area contributed by atoms with Crippen molar-refractivity contribution >= 4 is 10.0 Å². The second-order valence-electron chi connectivity index (χ2n) is 6.39. The molecule has 2 bridgehead atoms. The lowest BCUT2D eigenvalue weighted by Gasteiger charge is -2.48. The fourth-order valence-electron chi connectivity index (χ4n) is 3.45. The van der Waals surface area contributed by atoms with E-state index in [2.05, 4.69) is 9.62 Å². The molecule has 3 saturated heterocycles. The molecular formula is C16H21N3O3S. The van der Waals surface area contributed by atoms with Crippen LogP contribution in [0.5, 0.6) is 5.75 Å². The minimum atomic E-state index is -3.66. The molecular weight excluding hydrogens is 314 g/mol. The summed E-state index contributed by atoms with van der Waals surface area (Å²) < 4.78 is 33.2. The Morgan fingerprint density at radius 2 is 1.96 bits per heavy atom. The van der Waals surface area contributed by atoms with Crippen LogP contribution in [0.3, 0.4) is 0 Å². The number of hydrogen-bond donors (Lipinski definition) is 1. The van der Waals surface area contributed by atoms with E-state index >= 15 is 0 Å². The molecule has 124 valence electrons. The third kappa shape index (κ3) is 3.20. The highest BCUT2D eigenvalue weighted by atomic mass is 32.2. The first-order chi connectivity index (χ1) is 11.0. The van der Waals surface area contributed by atoms with Crippen LogP contribution in [0.15, 0.2) is 23.1 Å². The molecule has 0 amide bonds. The van der Waals surface area contributed by atoms with E-state index in [1.165, 1.54) is 25.3 Å². The zero-order valence-corrected chi connectivity index (χ0v) is 14.0. The van der Waals surface area contributed by atoms with Gasteiger partial charge in [-0.15, -0.1) is 0 Å². The van der Waals surface area contributed by atoms with Crippen LogP contribution in [0.2, 0.25) is 0 Å². The van der Waals surface area contributed by atoms with Crippen molar-refractivity contribution in [2.75, 3.05) is 33.3 Å². The predicted octanol–water partition coefficient (Wildman–Crippen LogP) is 1.33. The quantitative estimate of drug-likeness (QED) is 0.878. The number of piperidine rings is 3. The summed E-state index contributed by atoms with van der Waals surface area (Å²) >= 11 is 0. The molecule has 7 heteroatoms. The predicted molar refractivity (Wildman–Crippen MR) is 85.6 cm³/mol. The highest BCUT2D eigenvalue weighted by Crippen LogP contribution is 2.39. The highest BCUT2D eigenvalue weighted by molar-refractivity contribution is 7.89. The van der Waals surface area contributed by atoms with E-state index < -0.39 is 10.0 Å². The number of ether oxygens (including phenoxy) is 1. The Labute approximate surface area is 137 Å². The standard InChI is InChI=1S/C16H21N3O3S/c1-22-14-10-13(11-17)2-3-15(14)23(20,21)18-12-16-4-7-19(8-5-16)9-6-16/h2-3,10,18H,4-9,12H2,1H3. The van der Waals surface area contributed by atoms with Crippen molar-refractivity contribution in [3.8, 4) is 11.8 Å². The SMILES string of the molecule is COc1cc(C#N)ccc1S(=O)(=O)NCC12CCN(CC1)CC2. The first-order valence-electron chi connectivity index (χ1n) is 7.78. The first kappa shape index (κ1) is 16.2. The van der Waals surface area contributed by atoms with Crippen LogP contribution in [-0.4, -0.2) is 46.6 Å². The number of hydrogen-bond acceptors (Lipinski definition) is 5. The molecule has 3 aliphatic rings. The topological polar surface area (TPSA) is 82.4 Å². The van der Waals surface area contributed by atoms with Crippen LogP contribution >= 0.6 is 0 Å². The summed E-state index contributed by atoms with van der Waals surface area (Å²) in [4.78, 5) is 2.52. The second kappa shape index (κ2) is 6.11. The van der Waals surface area contributed by atoms with Crippen molar-refractivity contribution < 1.29 is 13.2 Å². The Balaban J connectivity index is 1.78. The zero-order valence-electron chi connectivity index (χ0n) is 13.2. The molecule has 6 nitrogen and oxygen atoms in total. The zero-order chi connectivity index (χ0) is 16.5. The average Bonchev–Trinajstić information content (AvgIpc) is 2.61. The lowest BCUT2D eigenvalue weighted by atomic mass is 9.72. The third-order valence-electron chi connectivity index (χ3n) is 5.09. The van der Waals surface area contributed by atoms with Crippen LogP contribution in [0.4, 0.5) is 0 Å². The molecule has 3 heterocycles. The Hall–Kier alpha value is -1.62. The maximum Gasteiger partial charge on any atom is 0.244 e. The lowest BCUT2D eigenvalue weighted by molar-refractivity contribution is 0.0304. The minimum absolute atomic E-state index is 0.0850. The fraction of sp³-hybridized carbons (Fsp3) is 0.562. The Kier molecular flexibility index (Phi) is 4.32. The minimum Gasteiger partial charge on any atom is -0.495 e. The molecule has 1 aromatic rings. The largest absolute Gasteiger partial charge is 0.495 e. The number of benzene rings is 1. The van der Waals surface area contributed by atoms with Gasteiger partial charge in [-0.3, -0.25) is 0 Å². The van der Waals surface area contributed by atoms with Crippen LogP contribution in [0.1, 0.15) is 24.8 Å². The monoisotopic (exact) mass is 335 g/mol. The number of nitriles is 1. The van der Waals surface area contributed by atoms with E-state index in [-0.39, 0.29) is 16.1 Å². The van der Waals surface area contributed by atoms with Crippen molar-refractivity contribution in [3.63, 3.8) is 0 Å². The smallest absolute Gasteiger partial charge is 0.244 e. The Morgan fingerprint density at radius 1 is 1.30 bits per heavy atom. The van der Waals surface area contributed by atoms with Gasteiger partial charge in [-0.1, -0.05) is 0 Å². The van der Waals surface area contributed by atoms with Gasteiger partial charge in [0.15, 0.2) is 0 Å². The number of rotatable bonds is 5. The lowest BCUT2D eigenvalue weighted by Crippen LogP contribution is -2.52. The molecule has 3 aliphatic heterocycles. The van der Waals surface area contributed by atoms with Crippen molar-refractivity contribution in [1.82, 2.24) is 9.62 Å². The van der Waals surface area contributed by atoms with Gasteiger partial charge in [-0.05, 0) is 62.5 Å². The molecule has 0 saturated carbocycles. The summed E-state index contributed by atoms with van der Waals surface area (Å²) in [5.74, 6) is 0.201. The van der Waals surface area contributed by atoms with E-state index in [0.717, 1.165) is 38.9 Å². The molecule has 0 atom stereocenters. The molecule has 1 N–H and O–H groups in total. The molecule has 0 unspecified atom stereocenters. The number of sulfonamides is 1. The van der Waals surface area contributed by atoms with Gasteiger partial charge in [0.25, 0.3) is 0 Å². The van der Waals surface area contributed by atoms with E-state index in [0.29, 0.717) is 12.1 Å². The maximum absolute atomic E-state index is 12.6. The summed E-state index contributed by atoms with van der Waals surface area (Å²) in [7, 11) is -2.25. The molecule has 0 aromatic heterocycles. The van der Waals surface area contributed by atoms with E-state index in [4.69, 9.17) is 10.00 Å². The van der Waals surface area contributed by atoms with Crippen molar-refractivity contribution in [2.24, 2.45) is 5.41 Å². The summed E-state index contributed by atoms with van der Waals surface area (Å²) in [5, 5.41) is 8.92. The van der Waals surface area contributed by atoms with Gasteiger partial charge in [0, 0.05) is 6.54 Å². The Bertz CT molecular complexity index is 718. The van der Waals surface area contributed by atoms with E-state index in [9.17, 15) is 8.42 Å². The maximum atomic E-state index is 12.6. The number of fused-ring (bicyclic) bond motifs is 3. The Morgan fingerprint density at radius 3 is 2.52 bits per heavy atom. The van der Waals surface area contributed by atoms with Gasteiger partial charge >= 0.3 is 0 Å². The number of nitrogens with zero attached hydrogens (tertiary/aromatic N) is 2. The van der Waals surface area contributed by atoms with Crippen LogP contribution < -0.4 is 9.46 Å². The van der Waals surface area contributed by atoms with Gasteiger partial charge < -0.3 is 9.64 Å². The van der Waals surface area contributed by atoms with Gasteiger partial charge in [-0.2, -0.15) is 5.26 Å². The first-order valence-corrected chi connectivity index (χ1v) is 9.27. The molecule has 1 aromatic carbocycles. The van der Waals surface area contributed by atoms with Crippen LogP contribution in [0.25, 0.3) is 0 Å². The van der Waals surface area contributed by atoms with Crippen LogP contribution in [0, 0.1) is 16.7 Å². The average molecular weight is 335 g/mol. The van der Waals surface area contributed by atoms with Gasteiger partial charge in [-0.25, -0.2) is 13.1 Å². The van der Waals surface area contributed by atoms with Gasteiger partial charge in [0.1, 0.15) is 10.6 Å². The molecule has 3 fully saturated rings. The molecule has 0 radical (unpaired) electrons. The van der Waals surface area contributed by atoms with E-state index in [1.54, 1.807) is 0 Å². The van der Waals surface area contributed by atoms with Crippen molar-refractivity contribution in [3.05, 3.63) is 23.8 Å². The summed E-state index contributed by atoms with van der Waals surface area (Å²) in [6, 6.07) is 6.36. The highest BCUT2D eigenvalue weighted by Gasteiger charge is 2.40. The summed E-state index contributed by atoms with van der Waals surface area (Å²) in [6.45, 7) is 3.64. The van der Waals surface area contributed by atoms with E-state index in [1.807, 2.05) is 6.07 Å². The summed E-state index contributed by atoms with van der Waals surface area (Å²) in [6.07, 6.45) is 3.13. The number of nitrogens with one attached hydrogen (secondary N) is 1. The normalized spacial score (nSPS) is 26.7. The molecule has 0 spiro atoms. The van der Waals surface area contributed by atoms with Crippen LogP contribution in [-0.2, 0) is 10.0 Å². The molecule has 23 heavy (non-hydrogen) atoms. The van der Waals surface area contributed by atoms with Gasteiger partial charge in [0.2, 0.25) is 10.0 Å².